The van der Waals surface area contributed by atoms with Gasteiger partial charge in [0.05, 0.1) is 4.47 Å². The zero-order valence-corrected chi connectivity index (χ0v) is 12.0. The Bertz CT molecular complexity index is 624. The summed E-state index contributed by atoms with van der Waals surface area (Å²) in [6.07, 6.45) is 1.41. The van der Waals surface area contributed by atoms with Gasteiger partial charge in [0, 0.05) is 12.1 Å². The molecule has 0 saturated heterocycles. The summed E-state index contributed by atoms with van der Waals surface area (Å²) >= 11 is 9.25. The number of halogens is 2. The Morgan fingerprint density at radius 3 is 3.11 bits per heavy atom. The summed E-state index contributed by atoms with van der Waals surface area (Å²) in [5.74, 6) is 2.17. The number of anilines is 1. The van der Waals surface area contributed by atoms with Gasteiger partial charge < -0.3 is 14.8 Å². The van der Waals surface area contributed by atoms with E-state index >= 15 is 0 Å². The second-order valence-corrected chi connectivity index (χ2v) is 4.98. The molecule has 7 heteroatoms. The molecule has 0 radical (unpaired) electrons. The maximum atomic E-state index is 5.91. The molecule has 2 aromatic rings. The number of rotatable bonds is 3. The second-order valence-electron chi connectivity index (χ2n) is 3.83. The third-order valence-electron chi connectivity index (χ3n) is 2.67. The van der Waals surface area contributed by atoms with Crippen molar-refractivity contribution >= 4 is 33.3 Å². The van der Waals surface area contributed by atoms with E-state index in [0.29, 0.717) is 22.0 Å². The third-order valence-corrected chi connectivity index (χ3v) is 3.94. The third kappa shape index (κ3) is 2.46. The van der Waals surface area contributed by atoms with Crippen LogP contribution in [0.25, 0.3) is 0 Å². The van der Waals surface area contributed by atoms with Crippen molar-refractivity contribution in [3.63, 3.8) is 0 Å². The standard InChI is InChI=1S/C12H9BrClN3O2/c13-9-11(14)16-5-17-12(9)15-4-7-2-1-3-8-10(7)19-6-18-8/h1-3,5H,4,6H2,(H,15,16,17). The maximum Gasteiger partial charge on any atom is 0.231 e. The van der Waals surface area contributed by atoms with Crippen molar-refractivity contribution in [1.29, 1.82) is 0 Å². The van der Waals surface area contributed by atoms with E-state index in [1.807, 2.05) is 18.2 Å². The van der Waals surface area contributed by atoms with Gasteiger partial charge in [-0.25, -0.2) is 9.97 Å². The molecule has 0 amide bonds. The number of fused-ring (bicyclic) bond motifs is 1. The molecular formula is C12H9BrClN3O2. The van der Waals surface area contributed by atoms with Crippen LogP contribution in [-0.2, 0) is 6.54 Å². The van der Waals surface area contributed by atoms with Crippen LogP contribution < -0.4 is 14.8 Å². The summed E-state index contributed by atoms with van der Waals surface area (Å²) in [5, 5.41) is 3.55. The molecule has 5 nitrogen and oxygen atoms in total. The minimum atomic E-state index is 0.259. The highest BCUT2D eigenvalue weighted by molar-refractivity contribution is 9.10. The van der Waals surface area contributed by atoms with Crippen molar-refractivity contribution in [2.24, 2.45) is 0 Å². The number of aromatic nitrogens is 2. The van der Waals surface area contributed by atoms with Crippen LogP contribution in [0.4, 0.5) is 5.82 Å². The first kappa shape index (κ1) is 12.5. The van der Waals surface area contributed by atoms with E-state index in [9.17, 15) is 0 Å². The summed E-state index contributed by atoms with van der Waals surface area (Å²) in [5.41, 5.74) is 0.997. The summed E-state index contributed by atoms with van der Waals surface area (Å²) < 4.78 is 11.4. The van der Waals surface area contributed by atoms with Crippen molar-refractivity contribution in [2.45, 2.75) is 6.54 Å². The number of nitrogens with zero attached hydrogens (tertiary/aromatic N) is 2. The molecule has 0 aliphatic carbocycles. The predicted molar refractivity (Wildman–Crippen MR) is 74.6 cm³/mol. The van der Waals surface area contributed by atoms with E-state index in [4.69, 9.17) is 21.1 Å². The van der Waals surface area contributed by atoms with Crippen LogP contribution in [0.5, 0.6) is 11.5 Å². The normalized spacial score (nSPS) is 12.5. The fourth-order valence-electron chi connectivity index (χ4n) is 1.78. The highest BCUT2D eigenvalue weighted by Gasteiger charge is 2.17. The lowest BCUT2D eigenvalue weighted by Crippen LogP contribution is -2.04. The number of hydrogen-bond donors (Lipinski definition) is 1. The zero-order chi connectivity index (χ0) is 13.2. The summed E-state index contributed by atoms with van der Waals surface area (Å²) in [6, 6.07) is 5.77. The molecule has 19 heavy (non-hydrogen) atoms. The van der Waals surface area contributed by atoms with Gasteiger partial charge in [-0.05, 0) is 22.0 Å². The molecule has 0 saturated carbocycles. The summed E-state index contributed by atoms with van der Waals surface area (Å²) in [4.78, 5) is 8.00. The van der Waals surface area contributed by atoms with Gasteiger partial charge in [0.2, 0.25) is 6.79 Å². The number of nitrogens with one attached hydrogen (secondary N) is 1. The van der Waals surface area contributed by atoms with Gasteiger partial charge in [-0.2, -0.15) is 0 Å². The van der Waals surface area contributed by atoms with Crippen molar-refractivity contribution in [1.82, 2.24) is 9.97 Å². The van der Waals surface area contributed by atoms with E-state index in [1.165, 1.54) is 6.33 Å². The van der Waals surface area contributed by atoms with Crippen LogP contribution in [-0.4, -0.2) is 16.8 Å². The molecule has 1 aromatic carbocycles. The quantitative estimate of drug-likeness (QED) is 0.868. The fraction of sp³-hybridized carbons (Fsp3) is 0.167. The molecule has 98 valence electrons. The SMILES string of the molecule is Clc1ncnc(NCc2cccc3c2OCO3)c1Br. The van der Waals surface area contributed by atoms with Crippen molar-refractivity contribution in [3.05, 3.63) is 39.7 Å². The lowest BCUT2D eigenvalue weighted by atomic mass is 10.2. The molecule has 1 aliphatic heterocycles. The minimum Gasteiger partial charge on any atom is -0.454 e. The molecule has 0 fully saturated rings. The topological polar surface area (TPSA) is 56.3 Å². The average molecular weight is 343 g/mol. The second kappa shape index (κ2) is 5.22. The minimum absolute atomic E-state index is 0.259. The van der Waals surface area contributed by atoms with Crippen molar-refractivity contribution in [3.8, 4) is 11.5 Å². The zero-order valence-electron chi connectivity index (χ0n) is 9.69. The molecule has 1 aromatic heterocycles. The first-order chi connectivity index (χ1) is 9.25. The Morgan fingerprint density at radius 1 is 1.32 bits per heavy atom. The highest BCUT2D eigenvalue weighted by atomic mass is 79.9. The highest BCUT2D eigenvalue weighted by Crippen LogP contribution is 2.36. The average Bonchev–Trinajstić information content (AvgIpc) is 2.89. The largest absolute Gasteiger partial charge is 0.454 e. The van der Waals surface area contributed by atoms with E-state index in [0.717, 1.165) is 17.1 Å². The molecule has 3 rings (SSSR count). The molecule has 2 heterocycles. The van der Waals surface area contributed by atoms with Gasteiger partial charge in [0.1, 0.15) is 17.3 Å². The molecule has 0 unspecified atom stereocenters. The van der Waals surface area contributed by atoms with E-state index in [2.05, 4.69) is 31.2 Å². The van der Waals surface area contributed by atoms with Gasteiger partial charge in [-0.1, -0.05) is 23.7 Å². The number of benzene rings is 1. The van der Waals surface area contributed by atoms with Crippen LogP contribution >= 0.6 is 27.5 Å². The number of ether oxygens (including phenoxy) is 2. The van der Waals surface area contributed by atoms with Gasteiger partial charge in [-0.3, -0.25) is 0 Å². The molecular weight excluding hydrogens is 334 g/mol. The van der Waals surface area contributed by atoms with Crippen molar-refractivity contribution in [2.75, 3.05) is 12.1 Å². The number of para-hydroxylation sites is 1. The molecule has 1 aliphatic rings. The molecule has 0 spiro atoms. The monoisotopic (exact) mass is 341 g/mol. The maximum absolute atomic E-state index is 5.91. The van der Waals surface area contributed by atoms with Gasteiger partial charge in [0.25, 0.3) is 0 Å². The van der Waals surface area contributed by atoms with Gasteiger partial charge in [-0.15, -0.1) is 0 Å². The first-order valence-electron chi connectivity index (χ1n) is 5.53. The van der Waals surface area contributed by atoms with Crippen LogP contribution in [0.2, 0.25) is 5.15 Å². The Labute approximate surface area is 123 Å². The molecule has 0 atom stereocenters. The molecule has 1 N–H and O–H groups in total. The Balaban J connectivity index is 1.80. The Hall–Kier alpha value is -1.53. The van der Waals surface area contributed by atoms with Crippen LogP contribution in [0.15, 0.2) is 29.0 Å². The van der Waals surface area contributed by atoms with Gasteiger partial charge >= 0.3 is 0 Å². The van der Waals surface area contributed by atoms with Crippen LogP contribution in [0, 0.1) is 0 Å². The number of hydrogen-bond acceptors (Lipinski definition) is 5. The van der Waals surface area contributed by atoms with E-state index in [-0.39, 0.29) is 6.79 Å². The van der Waals surface area contributed by atoms with E-state index < -0.39 is 0 Å². The van der Waals surface area contributed by atoms with Crippen LogP contribution in [0.1, 0.15) is 5.56 Å². The first-order valence-corrected chi connectivity index (χ1v) is 6.70. The molecule has 0 bridgehead atoms. The van der Waals surface area contributed by atoms with E-state index in [1.54, 1.807) is 0 Å². The van der Waals surface area contributed by atoms with Crippen LogP contribution in [0.3, 0.4) is 0 Å². The lowest BCUT2D eigenvalue weighted by Gasteiger charge is -2.09. The lowest BCUT2D eigenvalue weighted by molar-refractivity contribution is 0.173. The fourth-order valence-corrected chi connectivity index (χ4v) is 2.26. The van der Waals surface area contributed by atoms with Crippen molar-refractivity contribution < 1.29 is 9.47 Å². The summed E-state index contributed by atoms with van der Waals surface area (Å²) in [6.45, 7) is 0.813. The van der Waals surface area contributed by atoms with Gasteiger partial charge in [0.15, 0.2) is 11.5 Å². The smallest absolute Gasteiger partial charge is 0.231 e. The summed E-state index contributed by atoms with van der Waals surface area (Å²) in [7, 11) is 0. The Morgan fingerprint density at radius 2 is 2.21 bits per heavy atom. The Kier molecular flexibility index (Phi) is 3.44. The predicted octanol–water partition coefficient (Wildman–Crippen LogP) is 3.23.